The first-order valence-electron chi connectivity index (χ1n) is 5.87. The molecule has 0 bridgehead atoms. The van der Waals surface area contributed by atoms with Crippen LogP contribution in [-0.4, -0.2) is 41.5 Å². The lowest BCUT2D eigenvalue weighted by molar-refractivity contribution is -0.144. The number of nitrogens with one attached hydrogen (secondary N) is 1. The van der Waals surface area contributed by atoms with Crippen molar-refractivity contribution in [3.05, 3.63) is 35.9 Å². The minimum Gasteiger partial charge on any atom is -0.323 e. The molecule has 3 amide bonds. The van der Waals surface area contributed by atoms with Crippen LogP contribution in [0.2, 0.25) is 0 Å². The molecular weight excluding hydrogens is 264 g/mol. The fourth-order valence-corrected chi connectivity index (χ4v) is 2.62. The molecule has 0 atom stereocenters. The van der Waals surface area contributed by atoms with Crippen LogP contribution in [0.3, 0.4) is 0 Å². The van der Waals surface area contributed by atoms with Crippen molar-refractivity contribution in [2.75, 3.05) is 18.8 Å². The van der Waals surface area contributed by atoms with Gasteiger partial charge < -0.3 is 4.90 Å². The van der Waals surface area contributed by atoms with Crippen molar-refractivity contribution in [1.82, 2.24) is 10.2 Å². The number of imide groups is 1. The highest BCUT2D eigenvalue weighted by molar-refractivity contribution is 7.99. The predicted octanol–water partition coefficient (Wildman–Crippen LogP) is 0.405. The van der Waals surface area contributed by atoms with Crippen LogP contribution in [0.25, 0.3) is 0 Å². The van der Waals surface area contributed by atoms with E-state index < -0.39 is 11.8 Å². The largest absolute Gasteiger partial charge is 0.323 e. The molecule has 2 rings (SSSR count). The molecule has 1 aromatic rings. The molecule has 0 spiro atoms. The number of hydrogen-bond acceptors (Lipinski definition) is 4. The number of carbonyl (C=O) groups is 3. The van der Waals surface area contributed by atoms with E-state index in [2.05, 4.69) is 5.32 Å². The van der Waals surface area contributed by atoms with Gasteiger partial charge in [0.25, 0.3) is 0 Å². The smallest absolute Gasteiger partial charge is 0.246 e. The van der Waals surface area contributed by atoms with Crippen LogP contribution in [0.1, 0.15) is 5.56 Å². The van der Waals surface area contributed by atoms with E-state index in [0.717, 1.165) is 11.3 Å². The first-order chi connectivity index (χ1) is 9.15. The lowest BCUT2D eigenvalue weighted by Crippen LogP contribution is -2.53. The molecule has 0 aliphatic carbocycles. The molecule has 19 heavy (non-hydrogen) atoms. The molecule has 1 heterocycles. The molecule has 1 N–H and O–H groups in total. The minimum atomic E-state index is -0.419. The van der Waals surface area contributed by atoms with Gasteiger partial charge in [-0.15, -0.1) is 11.8 Å². The monoisotopic (exact) mass is 278 g/mol. The summed E-state index contributed by atoms with van der Waals surface area (Å²) >= 11 is 1.48. The summed E-state index contributed by atoms with van der Waals surface area (Å²) in [5, 5.41) is 2.17. The molecule has 5 nitrogen and oxygen atoms in total. The van der Waals surface area contributed by atoms with E-state index in [-0.39, 0.29) is 24.7 Å². The summed E-state index contributed by atoms with van der Waals surface area (Å²) in [6.07, 6.45) is 0. The molecule has 1 aliphatic heterocycles. The first kappa shape index (κ1) is 13.6. The quantitative estimate of drug-likeness (QED) is 0.810. The summed E-state index contributed by atoms with van der Waals surface area (Å²) in [5.41, 5.74) is 1.15. The molecule has 6 heteroatoms. The lowest BCUT2D eigenvalue weighted by Gasteiger charge is -2.25. The van der Waals surface area contributed by atoms with Gasteiger partial charge in [-0.2, -0.15) is 0 Å². The van der Waals surface area contributed by atoms with E-state index in [1.165, 1.54) is 16.7 Å². The van der Waals surface area contributed by atoms with Gasteiger partial charge in [0.1, 0.15) is 13.1 Å². The van der Waals surface area contributed by atoms with Gasteiger partial charge in [0.2, 0.25) is 17.7 Å². The van der Waals surface area contributed by atoms with E-state index in [9.17, 15) is 14.4 Å². The highest BCUT2D eigenvalue weighted by Crippen LogP contribution is 2.12. The van der Waals surface area contributed by atoms with E-state index in [4.69, 9.17) is 0 Å². The molecule has 1 saturated heterocycles. The fourth-order valence-electron chi connectivity index (χ4n) is 1.74. The number of carbonyl (C=O) groups excluding carboxylic acids is 3. The highest BCUT2D eigenvalue weighted by atomic mass is 32.2. The number of thioether (sulfide) groups is 1. The maximum atomic E-state index is 11.9. The SMILES string of the molecule is O=C1CN(C(=O)CSCc2ccccc2)CC(=O)N1. The van der Waals surface area contributed by atoms with Gasteiger partial charge in [-0.1, -0.05) is 30.3 Å². The Kier molecular flexibility index (Phi) is 4.57. The third-order valence-electron chi connectivity index (χ3n) is 2.64. The van der Waals surface area contributed by atoms with Crippen LogP contribution in [-0.2, 0) is 20.1 Å². The van der Waals surface area contributed by atoms with Crippen molar-refractivity contribution < 1.29 is 14.4 Å². The van der Waals surface area contributed by atoms with Gasteiger partial charge in [-0.3, -0.25) is 19.7 Å². The normalized spacial score (nSPS) is 15.3. The molecule has 1 aromatic carbocycles. The number of hydrogen-bond donors (Lipinski definition) is 1. The van der Waals surface area contributed by atoms with Crippen molar-refractivity contribution in [3.8, 4) is 0 Å². The van der Waals surface area contributed by atoms with E-state index in [1.54, 1.807) is 0 Å². The zero-order valence-corrected chi connectivity index (χ0v) is 11.1. The topological polar surface area (TPSA) is 66.5 Å². The molecule has 100 valence electrons. The lowest BCUT2D eigenvalue weighted by atomic mass is 10.2. The zero-order chi connectivity index (χ0) is 13.7. The van der Waals surface area contributed by atoms with Gasteiger partial charge >= 0.3 is 0 Å². The highest BCUT2D eigenvalue weighted by Gasteiger charge is 2.25. The summed E-state index contributed by atoms with van der Waals surface area (Å²) in [5.74, 6) is -0.00446. The number of rotatable bonds is 4. The number of benzene rings is 1. The van der Waals surface area contributed by atoms with Crippen molar-refractivity contribution in [1.29, 1.82) is 0 Å². The second-order valence-electron chi connectivity index (χ2n) is 4.20. The molecular formula is C13H14N2O3S. The summed E-state index contributed by atoms with van der Waals surface area (Å²) in [6, 6.07) is 9.83. The van der Waals surface area contributed by atoms with Crippen molar-refractivity contribution in [2.45, 2.75) is 5.75 Å². The number of piperazine rings is 1. The summed E-state index contributed by atoms with van der Waals surface area (Å²) in [7, 11) is 0. The number of nitrogens with zero attached hydrogens (tertiary/aromatic N) is 1. The Balaban J connectivity index is 1.78. The van der Waals surface area contributed by atoms with E-state index in [0.29, 0.717) is 0 Å². The molecule has 0 saturated carbocycles. The molecule has 0 aromatic heterocycles. The van der Waals surface area contributed by atoms with Gasteiger partial charge in [0, 0.05) is 5.75 Å². The van der Waals surface area contributed by atoms with Crippen molar-refractivity contribution in [2.24, 2.45) is 0 Å². The average molecular weight is 278 g/mol. The summed E-state index contributed by atoms with van der Waals surface area (Å²) in [6.45, 7) is -0.0626. The Morgan fingerprint density at radius 2 is 1.79 bits per heavy atom. The fraction of sp³-hybridized carbons (Fsp3) is 0.308. The second kappa shape index (κ2) is 6.38. The Morgan fingerprint density at radius 3 is 2.42 bits per heavy atom. The summed E-state index contributed by atoms with van der Waals surface area (Å²) < 4.78 is 0. The van der Waals surface area contributed by atoms with Crippen molar-refractivity contribution in [3.63, 3.8) is 0 Å². The van der Waals surface area contributed by atoms with Crippen LogP contribution < -0.4 is 5.32 Å². The Morgan fingerprint density at radius 1 is 1.16 bits per heavy atom. The first-order valence-corrected chi connectivity index (χ1v) is 7.03. The zero-order valence-electron chi connectivity index (χ0n) is 10.3. The van der Waals surface area contributed by atoms with Crippen LogP contribution in [0.5, 0.6) is 0 Å². The Hall–Kier alpha value is -1.82. The standard InChI is InChI=1S/C13H14N2O3S/c16-11-6-15(7-12(17)14-11)13(18)9-19-8-10-4-2-1-3-5-10/h1-5H,6-9H2,(H,14,16,17). The van der Waals surface area contributed by atoms with Crippen molar-refractivity contribution >= 4 is 29.5 Å². The molecule has 0 radical (unpaired) electrons. The van der Waals surface area contributed by atoms with Gasteiger partial charge in [0.15, 0.2) is 0 Å². The van der Waals surface area contributed by atoms with Crippen LogP contribution in [0.4, 0.5) is 0 Å². The maximum absolute atomic E-state index is 11.9. The van der Waals surface area contributed by atoms with Gasteiger partial charge in [-0.05, 0) is 5.56 Å². The van der Waals surface area contributed by atoms with Crippen LogP contribution >= 0.6 is 11.8 Å². The molecule has 0 unspecified atom stereocenters. The van der Waals surface area contributed by atoms with Crippen LogP contribution in [0.15, 0.2) is 30.3 Å². The van der Waals surface area contributed by atoms with E-state index >= 15 is 0 Å². The Bertz CT molecular complexity index is 474. The van der Waals surface area contributed by atoms with E-state index in [1.807, 2.05) is 30.3 Å². The summed E-state index contributed by atoms with van der Waals surface area (Å²) in [4.78, 5) is 35.4. The predicted molar refractivity (Wildman–Crippen MR) is 72.3 cm³/mol. The third-order valence-corrected chi connectivity index (χ3v) is 3.63. The van der Waals surface area contributed by atoms with Gasteiger partial charge in [-0.25, -0.2) is 0 Å². The second-order valence-corrected chi connectivity index (χ2v) is 5.19. The van der Waals surface area contributed by atoms with Crippen LogP contribution in [0, 0.1) is 0 Å². The Labute approximate surface area is 115 Å². The van der Waals surface area contributed by atoms with Gasteiger partial charge in [0.05, 0.1) is 5.75 Å². The molecule has 1 fully saturated rings. The third kappa shape index (κ3) is 4.10. The minimum absolute atomic E-state index is 0.0313. The number of amides is 3. The maximum Gasteiger partial charge on any atom is 0.246 e. The molecule has 1 aliphatic rings. The average Bonchev–Trinajstić information content (AvgIpc) is 2.38.